The third kappa shape index (κ3) is 5.89. The van der Waals surface area contributed by atoms with Gasteiger partial charge in [-0.05, 0) is 56.2 Å². The van der Waals surface area contributed by atoms with Crippen molar-refractivity contribution in [1.29, 1.82) is 0 Å². The number of fused-ring (bicyclic) bond motifs is 1. The van der Waals surface area contributed by atoms with Gasteiger partial charge in [0.2, 0.25) is 11.8 Å². The summed E-state index contributed by atoms with van der Waals surface area (Å²) < 4.78 is 10.9. The standard InChI is InChI=1S/C28H40N4O6/c1-17(2)15-22(29-28(35)36)27(34)31-13-11-19(12-14-31)32-26(33)21-8-6-5-7-20(21)25(30-32)18-9-10-23(37-3)24(16-18)38-4/h9-10,16-17,19-22,29H,5-8,11-15H2,1-4H3,(H,35,36)/t20-,21+,22+/m0/s1. The summed E-state index contributed by atoms with van der Waals surface area (Å²) in [6.07, 6.45) is 4.32. The molecule has 4 rings (SSSR count). The Labute approximate surface area is 224 Å². The Balaban J connectivity index is 1.54. The molecule has 38 heavy (non-hydrogen) atoms. The van der Waals surface area contributed by atoms with E-state index in [9.17, 15) is 19.5 Å². The van der Waals surface area contributed by atoms with Gasteiger partial charge >= 0.3 is 6.09 Å². The minimum absolute atomic E-state index is 0.0751. The van der Waals surface area contributed by atoms with Crippen LogP contribution in [0.25, 0.3) is 0 Å². The smallest absolute Gasteiger partial charge is 0.405 e. The molecule has 2 aliphatic heterocycles. The predicted molar refractivity (Wildman–Crippen MR) is 142 cm³/mol. The molecule has 1 saturated carbocycles. The molecule has 0 radical (unpaired) electrons. The van der Waals surface area contributed by atoms with E-state index in [0.29, 0.717) is 43.9 Å². The molecule has 3 amide bonds. The second-order valence-corrected chi connectivity index (χ2v) is 10.9. The molecule has 3 atom stereocenters. The lowest BCUT2D eigenvalue weighted by atomic mass is 9.73. The molecule has 208 valence electrons. The van der Waals surface area contributed by atoms with Gasteiger partial charge in [-0.1, -0.05) is 26.7 Å². The number of carbonyl (C=O) groups excluding carboxylic acids is 2. The van der Waals surface area contributed by atoms with Crippen molar-refractivity contribution in [3.05, 3.63) is 23.8 Å². The average Bonchev–Trinajstić information content (AvgIpc) is 2.92. The van der Waals surface area contributed by atoms with E-state index in [2.05, 4.69) is 5.32 Å². The lowest BCUT2D eigenvalue weighted by molar-refractivity contribution is -0.143. The number of nitrogens with zero attached hydrogens (tertiary/aromatic N) is 3. The van der Waals surface area contributed by atoms with Crippen LogP contribution in [-0.4, -0.2) is 78.0 Å². The van der Waals surface area contributed by atoms with Gasteiger partial charge in [0, 0.05) is 30.5 Å². The van der Waals surface area contributed by atoms with Gasteiger partial charge in [0.05, 0.1) is 26.0 Å². The zero-order valence-electron chi connectivity index (χ0n) is 22.8. The largest absolute Gasteiger partial charge is 0.493 e. The molecule has 2 heterocycles. The fourth-order valence-corrected chi connectivity index (χ4v) is 6.09. The Morgan fingerprint density at radius 1 is 1.05 bits per heavy atom. The number of hydrogen-bond donors (Lipinski definition) is 2. The molecular formula is C28H40N4O6. The van der Waals surface area contributed by atoms with Gasteiger partial charge in [-0.3, -0.25) is 9.59 Å². The number of benzene rings is 1. The molecule has 1 aromatic rings. The summed E-state index contributed by atoms with van der Waals surface area (Å²) in [5.41, 5.74) is 1.84. The molecule has 0 unspecified atom stereocenters. The van der Waals surface area contributed by atoms with Crippen molar-refractivity contribution in [3.63, 3.8) is 0 Å². The van der Waals surface area contributed by atoms with Gasteiger partial charge in [-0.25, -0.2) is 9.80 Å². The third-order valence-corrected chi connectivity index (χ3v) is 7.98. The van der Waals surface area contributed by atoms with Crippen molar-refractivity contribution in [2.75, 3.05) is 27.3 Å². The first-order chi connectivity index (χ1) is 18.2. The first-order valence-corrected chi connectivity index (χ1v) is 13.7. The van der Waals surface area contributed by atoms with Crippen LogP contribution in [0.15, 0.2) is 23.3 Å². The van der Waals surface area contributed by atoms with Gasteiger partial charge in [0.1, 0.15) is 6.04 Å². The Morgan fingerprint density at radius 2 is 1.71 bits per heavy atom. The van der Waals surface area contributed by atoms with E-state index < -0.39 is 12.1 Å². The number of hydrazone groups is 1. The minimum atomic E-state index is -1.20. The number of carboxylic acid groups (broad SMARTS) is 1. The SMILES string of the molecule is COc1ccc(C2=NN(C3CCN(C(=O)[C@@H](CC(C)C)NC(=O)O)CC3)C(=O)[C@@H]3CCCC[C@H]23)cc1OC. The number of hydrogen-bond acceptors (Lipinski definition) is 6. The highest BCUT2D eigenvalue weighted by molar-refractivity contribution is 6.07. The van der Waals surface area contributed by atoms with Crippen LogP contribution in [0.5, 0.6) is 11.5 Å². The summed E-state index contributed by atoms with van der Waals surface area (Å²) in [5.74, 6) is 1.30. The van der Waals surface area contributed by atoms with Crippen molar-refractivity contribution >= 4 is 23.6 Å². The highest BCUT2D eigenvalue weighted by atomic mass is 16.5. The maximum atomic E-state index is 13.6. The van der Waals surface area contributed by atoms with E-state index in [-0.39, 0.29) is 35.6 Å². The van der Waals surface area contributed by atoms with E-state index in [1.165, 1.54) is 0 Å². The molecule has 2 fully saturated rings. The van der Waals surface area contributed by atoms with Crippen LogP contribution in [0.2, 0.25) is 0 Å². The van der Waals surface area contributed by atoms with Crippen LogP contribution in [0.3, 0.4) is 0 Å². The van der Waals surface area contributed by atoms with Crippen LogP contribution >= 0.6 is 0 Å². The molecule has 10 nitrogen and oxygen atoms in total. The number of carbonyl (C=O) groups is 3. The fourth-order valence-electron chi connectivity index (χ4n) is 6.09. The minimum Gasteiger partial charge on any atom is -0.493 e. The van der Waals surface area contributed by atoms with Crippen LogP contribution < -0.4 is 14.8 Å². The van der Waals surface area contributed by atoms with Crippen molar-refractivity contribution in [2.24, 2.45) is 22.9 Å². The second-order valence-electron chi connectivity index (χ2n) is 10.9. The van der Waals surface area contributed by atoms with Gasteiger partial charge in [0.15, 0.2) is 11.5 Å². The number of piperidine rings is 1. The van der Waals surface area contributed by atoms with Crippen LogP contribution in [0.4, 0.5) is 4.79 Å². The van der Waals surface area contributed by atoms with Gasteiger partial charge < -0.3 is 24.8 Å². The first-order valence-electron chi connectivity index (χ1n) is 13.7. The monoisotopic (exact) mass is 528 g/mol. The molecule has 10 heteroatoms. The lowest BCUT2D eigenvalue weighted by Crippen LogP contribution is -2.55. The molecule has 1 aromatic carbocycles. The molecule has 0 aromatic heterocycles. The normalized spacial score (nSPS) is 23.0. The zero-order chi connectivity index (χ0) is 27.4. The molecule has 1 saturated heterocycles. The van der Waals surface area contributed by atoms with Gasteiger partial charge in [-0.15, -0.1) is 0 Å². The van der Waals surface area contributed by atoms with Crippen LogP contribution in [-0.2, 0) is 9.59 Å². The van der Waals surface area contributed by atoms with E-state index in [0.717, 1.165) is 37.0 Å². The van der Waals surface area contributed by atoms with Crippen molar-refractivity contribution in [3.8, 4) is 11.5 Å². The topological polar surface area (TPSA) is 121 Å². The number of rotatable bonds is 8. The lowest BCUT2D eigenvalue weighted by Gasteiger charge is -2.43. The molecule has 1 aliphatic carbocycles. The third-order valence-electron chi connectivity index (χ3n) is 7.98. The molecule has 2 N–H and O–H groups in total. The summed E-state index contributed by atoms with van der Waals surface area (Å²) in [6.45, 7) is 4.84. The molecule has 0 spiro atoms. The summed E-state index contributed by atoms with van der Waals surface area (Å²) in [4.78, 5) is 39.7. The fraction of sp³-hybridized carbons (Fsp3) is 0.643. The summed E-state index contributed by atoms with van der Waals surface area (Å²) in [5, 5.41) is 18.2. The summed E-state index contributed by atoms with van der Waals surface area (Å²) in [7, 11) is 3.21. The maximum Gasteiger partial charge on any atom is 0.405 e. The van der Waals surface area contributed by atoms with E-state index in [1.54, 1.807) is 24.1 Å². The van der Waals surface area contributed by atoms with Gasteiger partial charge in [0.25, 0.3) is 0 Å². The Morgan fingerprint density at radius 3 is 2.32 bits per heavy atom. The number of ether oxygens (including phenoxy) is 2. The van der Waals surface area contributed by atoms with Crippen molar-refractivity contribution in [1.82, 2.24) is 15.2 Å². The molecule has 3 aliphatic rings. The van der Waals surface area contributed by atoms with Crippen LogP contribution in [0.1, 0.15) is 64.4 Å². The number of likely N-dealkylation sites (tertiary alicyclic amines) is 1. The van der Waals surface area contributed by atoms with E-state index >= 15 is 0 Å². The number of nitrogens with one attached hydrogen (secondary N) is 1. The average molecular weight is 529 g/mol. The van der Waals surface area contributed by atoms with Gasteiger partial charge in [-0.2, -0.15) is 5.10 Å². The number of methoxy groups -OCH3 is 2. The summed E-state index contributed by atoms with van der Waals surface area (Å²) in [6, 6.07) is 4.91. The Kier molecular flexibility index (Phi) is 8.79. The Bertz CT molecular complexity index is 1070. The highest BCUT2D eigenvalue weighted by Gasteiger charge is 2.44. The first kappa shape index (κ1) is 27.7. The highest BCUT2D eigenvalue weighted by Crippen LogP contribution is 2.40. The van der Waals surface area contributed by atoms with Crippen LogP contribution in [0, 0.1) is 17.8 Å². The van der Waals surface area contributed by atoms with Crippen molar-refractivity contribution in [2.45, 2.75) is 70.9 Å². The van der Waals surface area contributed by atoms with E-state index in [4.69, 9.17) is 14.6 Å². The maximum absolute atomic E-state index is 13.6. The molecular weight excluding hydrogens is 488 g/mol. The molecule has 0 bridgehead atoms. The second kappa shape index (κ2) is 12.0. The zero-order valence-corrected chi connectivity index (χ0v) is 22.8. The van der Waals surface area contributed by atoms with Crippen molar-refractivity contribution < 1.29 is 29.0 Å². The predicted octanol–water partition coefficient (Wildman–Crippen LogP) is 3.73. The number of amides is 3. The summed E-state index contributed by atoms with van der Waals surface area (Å²) >= 11 is 0. The Hall–Kier alpha value is -3.30. The quantitative estimate of drug-likeness (QED) is 0.530. The van der Waals surface area contributed by atoms with E-state index in [1.807, 2.05) is 32.0 Å².